The summed E-state index contributed by atoms with van der Waals surface area (Å²) >= 11 is 0. The average molecular weight is 369 g/mol. The van der Waals surface area contributed by atoms with E-state index in [0.717, 1.165) is 30.8 Å². The lowest BCUT2D eigenvalue weighted by Gasteiger charge is -2.26. The SMILES string of the molecule is COc1ccccc1Cn1nccc1NC(=O)N1CC[C@@H]2CC[C@H](C1)N2C. The zero-order valence-electron chi connectivity index (χ0n) is 16.0. The van der Waals surface area contributed by atoms with E-state index in [2.05, 4.69) is 22.4 Å². The van der Waals surface area contributed by atoms with E-state index in [1.54, 1.807) is 18.0 Å². The van der Waals surface area contributed by atoms with Crippen molar-refractivity contribution in [2.24, 2.45) is 0 Å². The zero-order chi connectivity index (χ0) is 18.8. The first-order valence-electron chi connectivity index (χ1n) is 9.57. The monoisotopic (exact) mass is 369 g/mol. The molecule has 2 aromatic rings. The Hall–Kier alpha value is -2.54. The van der Waals surface area contributed by atoms with Gasteiger partial charge < -0.3 is 9.64 Å². The summed E-state index contributed by atoms with van der Waals surface area (Å²) in [5.41, 5.74) is 1.02. The molecule has 2 fully saturated rings. The molecule has 0 radical (unpaired) electrons. The van der Waals surface area contributed by atoms with E-state index in [4.69, 9.17) is 4.74 Å². The minimum atomic E-state index is -0.0438. The quantitative estimate of drug-likeness (QED) is 0.900. The maximum Gasteiger partial charge on any atom is 0.323 e. The van der Waals surface area contributed by atoms with Gasteiger partial charge >= 0.3 is 6.03 Å². The molecule has 0 unspecified atom stereocenters. The molecule has 1 aromatic heterocycles. The number of anilines is 1. The average Bonchev–Trinajstić information content (AvgIpc) is 3.19. The van der Waals surface area contributed by atoms with Gasteiger partial charge in [-0.3, -0.25) is 10.2 Å². The smallest absolute Gasteiger partial charge is 0.323 e. The van der Waals surface area contributed by atoms with Gasteiger partial charge in [0.15, 0.2) is 0 Å². The second-order valence-electron chi connectivity index (χ2n) is 7.40. The van der Waals surface area contributed by atoms with Gasteiger partial charge in [-0.1, -0.05) is 18.2 Å². The number of ether oxygens (including phenoxy) is 1. The predicted molar refractivity (Wildman–Crippen MR) is 104 cm³/mol. The van der Waals surface area contributed by atoms with E-state index in [1.807, 2.05) is 35.2 Å². The van der Waals surface area contributed by atoms with Gasteiger partial charge in [0, 0.05) is 36.8 Å². The number of para-hydroxylation sites is 1. The van der Waals surface area contributed by atoms with Crippen LogP contribution in [0.3, 0.4) is 0 Å². The second kappa shape index (κ2) is 7.60. The molecule has 1 aromatic carbocycles. The normalized spacial score (nSPS) is 22.5. The van der Waals surface area contributed by atoms with Crippen LogP contribution in [0.4, 0.5) is 10.6 Å². The largest absolute Gasteiger partial charge is 0.496 e. The highest BCUT2D eigenvalue weighted by molar-refractivity contribution is 5.88. The summed E-state index contributed by atoms with van der Waals surface area (Å²) < 4.78 is 7.22. The van der Waals surface area contributed by atoms with Crippen LogP contribution in [0.5, 0.6) is 5.75 Å². The molecule has 1 N–H and O–H groups in total. The number of likely N-dealkylation sites (tertiary alicyclic amines) is 1. The van der Waals surface area contributed by atoms with E-state index >= 15 is 0 Å². The lowest BCUT2D eigenvalue weighted by Crippen LogP contribution is -2.42. The number of likely N-dealkylation sites (N-methyl/N-ethyl adjacent to an activating group) is 1. The second-order valence-corrected chi connectivity index (χ2v) is 7.40. The fourth-order valence-corrected chi connectivity index (χ4v) is 4.24. The van der Waals surface area contributed by atoms with Gasteiger partial charge in [-0.2, -0.15) is 5.10 Å². The molecule has 2 aliphatic rings. The predicted octanol–water partition coefficient (Wildman–Crippen LogP) is 2.64. The zero-order valence-corrected chi connectivity index (χ0v) is 16.0. The van der Waals surface area contributed by atoms with Gasteiger partial charge in [0.05, 0.1) is 19.9 Å². The van der Waals surface area contributed by atoms with Crippen LogP contribution in [0.15, 0.2) is 36.5 Å². The third-order valence-electron chi connectivity index (χ3n) is 5.90. The Morgan fingerprint density at radius 3 is 2.89 bits per heavy atom. The number of urea groups is 1. The van der Waals surface area contributed by atoms with Crippen molar-refractivity contribution in [2.45, 2.75) is 37.9 Å². The number of carbonyl (C=O) groups is 1. The van der Waals surface area contributed by atoms with Crippen molar-refractivity contribution < 1.29 is 9.53 Å². The van der Waals surface area contributed by atoms with Gasteiger partial charge in [0.25, 0.3) is 0 Å². The van der Waals surface area contributed by atoms with Gasteiger partial charge in [-0.25, -0.2) is 9.48 Å². The van der Waals surface area contributed by atoms with Crippen molar-refractivity contribution in [1.82, 2.24) is 19.6 Å². The van der Waals surface area contributed by atoms with Crippen LogP contribution in [0, 0.1) is 0 Å². The topological polar surface area (TPSA) is 62.6 Å². The van der Waals surface area contributed by atoms with Crippen LogP contribution in [0.25, 0.3) is 0 Å². The summed E-state index contributed by atoms with van der Waals surface area (Å²) in [6.45, 7) is 2.14. The standard InChI is InChI=1S/C20H27N5O2/c1-23-16-7-8-17(23)14-24(12-10-16)20(26)22-19-9-11-21-25(19)13-15-5-3-4-6-18(15)27-2/h3-6,9,11,16-17H,7-8,10,12-14H2,1-2H3,(H,22,26)/t16-,17+/m0/s1. The highest BCUT2D eigenvalue weighted by atomic mass is 16.5. The van der Waals surface area contributed by atoms with Crippen molar-refractivity contribution >= 4 is 11.8 Å². The maximum absolute atomic E-state index is 12.9. The summed E-state index contributed by atoms with van der Waals surface area (Å²) in [6, 6.07) is 10.7. The Kier molecular flexibility index (Phi) is 5.03. The minimum absolute atomic E-state index is 0.0438. The molecule has 4 rings (SSSR count). The van der Waals surface area contributed by atoms with Crippen molar-refractivity contribution in [2.75, 3.05) is 32.6 Å². The molecule has 2 atom stereocenters. The molecule has 3 heterocycles. The molecular weight excluding hydrogens is 342 g/mol. The van der Waals surface area contributed by atoms with E-state index in [-0.39, 0.29) is 6.03 Å². The van der Waals surface area contributed by atoms with E-state index in [0.29, 0.717) is 24.4 Å². The number of methoxy groups -OCH3 is 1. The van der Waals surface area contributed by atoms with E-state index in [9.17, 15) is 4.79 Å². The number of rotatable bonds is 4. The molecule has 7 nitrogen and oxygen atoms in total. The first kappa shape index (κ1) is 17.9. The summed E-state index contributed by atoms with van der Waals surface area (Å²) in [5, 5.41) is 7.42. The third kappa shape index (κ3) is 3.64. The molecule has 2 bridgehead atoms. The fourth-order valence-electron chi connectivity index (χ4n) is 4.24. The van der Waals surface area contributed by atoms with E-state index in [1.165, 1.54) is 12.8 Å². The Bertz CT molecular complexity index is 805. The van der Waals surface area contributed by atoms with Crippen LogP contribution >= 0.6 is 0 Å². The number of nitrogens with one attached hydrogen (secondary N) is 1. The Labute approximate surface area is 159 Å². The van der Waals surface area contributed by atoms with Crippen molar-refractivity contribution in [1.29, 1.82) is 0 Å². The number of amides is 2. The van der Waals surface area contributed by atoms with Gasteiger partial charge in [-0.15, -0.1) is 0 Å². The number of hydrogen-bond acceptors (Lipinski definition) is 4. The molecule has 0 spiro atoms. The van der Waals surface area contributed by atoms with Crippen molar-refractivity contribution in [3.8, 4) is 5.75 Å². The minimum Gasteiger partial charge on any atom is -0.496 e. The molecule has 7 heteroatoms. The number of benzene rings is 1. The van der Waals surface area contributed by atoms with Crippen LogP contribution in [-0.2, 0) is 6.54 Å². The van der Waals surface area contributed by atoms with Gasteiger partial charge in [-0.05, 0) is 32.4 Å². The number of aromatic nitrogens is 2. The summed E-state index contributed by atoms with van der Waals surface area (Å²) in [4.78, 5) is 17.2. The first-order valence-corrected chi connectivity index (χ1v) is 9.57. The van der Waals surface area contributed by atoms with Crippen LogP contribution in [-0.4, -0.2) is 64.9 Å². The molecule has 0 aliphatic carbocycles. The van der Waals surface area contributed by atoms with Gasteiger partial charge in [0.1, 0.15) is 11.6 Å². The molecular formula is C20H27N5O2. The highest BCUT2D eigenvalue weighted by Crippen LogP contribution is 2.28. The molecule has 27 heavy (non-hydrogen) atoms. The van der Waals surface area contributed by atoms with E-state index < -0.39 is 0 Å². The van der Waals surface area contributed by atoms with Crippen LogP contribution in [0.1, 0.15) is 24.8 Å². The maximum atomic E-state index is 12.9. The Morgan fingerprint density at radius 2 is 2.04 bits per heavy atom. The Balaban J connectivity index is 1.44. The third-order valence-corrected chi connectivity index (χ3v) is 5.90. The Morgan fingerprint density at radius 1 is 1.22 bits per heavy atom. The molecule has 0 saturated carbocycles. The lowest BCUT2D eigenvalue weighted by molar-refractivity contribution is 0.200. The summed E-state index contributed by atoms with van der Waals surface area (Å²) in [5.74, 6) is 1.52. The number of hydrogen-bond donors (Lipinski definition) is 1. The summed E-state index contributed by atoms with van der Waals surface area (Å²) in [7, 11) is 3.85. The highest BCUT2D eigenvalue weighted by Gasteiger charge is 2.36. The molecule has 2 aliphatic heterocycles. The molecule has 2 amide bonds. The fraction of sp³-hybridized carbons (Fsp3) is 0.500. The van der Waals surface area contributed by atoms with Crippen molar-refractivity contribution in [3.05, 3.63) is 42.1 Å². The summed E-state index contributed by atoms with van der Waals surface area (Å²) in [6.07, 6.45) is 5.18. The lowest BCUT2D eigenvalue weighted by atomic mass is 10.1. The first-order chi connectivity index (χ1) is 13.2. The molecule has 2 saturated heterocycles. The number of carbonyl (C=O) groups excluding carboxylic acids is 1. The van der Waals surface area contributed by atoms with Crippen LogP contribution < -0.4 is 10.1 Å². The number of fused-ring (bicyclic) bond motifs is 2. The number of nitrogens with zero attached hydrogens (tertiary/aromatic N) is 4. The van der Waals surface area contributed by atoms with Gasteiger partial charge in [0.2, 0.25) is 0 Å². The van der Waals surface area contributed by atoms with Crippen LogP contribution in [0.2, 0.25) is 0 Å². The van der Waals surface area contributed by atoms with Crippen molar-refractivity contribution in [3.63, 3.8) is 0 Å². The molecule has 144 valence electrons.